The Morgan fingerprint density at radius 1 is 1.25 bits per heavy atom. The molecule has 1 aliphatic rings. The molecule has 1 aliphatic heterocycles. The molecule has 1 saturated heterocycles. The summed E-state index contributed by atoms with van der Waals surface area (Å²) in [5.74, 6) is 1.11. The minimum atomic E-state index is -3.51. The van der Waals surface area contributed by atoms with E-state index >= 15 is 0 Å². The lowest BCUT2D eigenvalue weighted by Gasteiger charge is -2.37. The molecule has 2 atom stereocenters. The highest BCUT2D eigenvalue weighted by Crippen LogP contribution is 2.32. The van der Waals surface area contributed by atoms with Crippen molar-refractivity contribution in [2.75, 3.05) is 30.8 Å². The Kier molecular flexibility index (Phi) is 4.25. The summed E-state index contributed by atoms with van der Waals surface area (Å²) in [7, 11) is -2.09. The lowest BCUT2D eigenvalue weighted by atomic mass is 9.91. The van der Waals surface area contributed by atoms with Crippen LogP contribution in [0.5, 0.6) is 0 Å². The molecule has 0 radical (unpaired) electrons. The number of sulfonamides is 1. The number of hydrogen-bond acceptors (Lipinski definition) is 4. The summed E-state index contributed by atoms with van der Waals surface area (Å²) in [6.45, 7) is 6.15. The molecule has 1 aromatic carbocycles. The number of rotatable bonds is 3. The predicted octanol–water partition coefficient (Wildman–Crippen LogP) is 1.66. The summed E-state index contributed by atoms with van der Waals surface area (Å²) in [6, 6.07) is 5.10. The van der Waals surface area contributed by atoms with Crippen LogP contribution >= 0.6 is 0 Å². The Balaban J connectivity index is 2.46. The molecular weight excluding hydrogens is 274 g/mol. The molecule has 1 heterocycles. The average Bonchev–Trinajstić information content (AvgIpc) is 2.37. The molecule has 1 aromatic rings. The van der Waals surface area contributed by atoms with E-state index in [0.29, 0.717) is 17.5 Å². The number of nitrogens with two attached hydrogens (primary N) is 1. The van der Waals surface area contributed by atoms with Crippen LogP contribution in [0.4, 0.5) is 11.4 Å². The minimum absolute atomic E-state index is 0.265. The molecule has 0 amide bonds. The van der Waals surface area contributed by atoms with Gasteiger partial charge in [0.25, 0.3) is 0 Å². The standard InChI is InChI=1S/C14H23N3O2S/c1-10-6-11(2)9-17(8-10)13-5-4-12(15)7-14(13)20(18,19)16-3/h4-5,7,10-11,16H,6,8-9,15H2,1-3H3. The quantitative estimate of drug-likeness (QED) is 0.832. The van der Waals surface area contributed by atoms with Crippen LogP contribution in [-0.4, -0.2) is 28.6 Å². The molecule has 3 N–H and O–H groups in total. The van der Waals surface area contributed by atoms with E-state index in [1.807, 2.05) is 6.07 Å². The number of hydrogen-bond donors (Lipinski definition) is 2. The lowest BCUT2D eigenvalue weighted by Crippen LogP contribution is -2.39. The molecule has 5 nitrogen and oxygen atoms in total. The van der Waals surface area contributed by atoms with Crippen molar-refractivity contribution in [3.8, 4) is 0 Å². The summed E-state index contributed by atoms with van der Waals surface area (Å²) in [5.41, 5.74) is 6.95. The molecule has 0 aromatic heterocycles. The van der Waals surface area contributed by atoms with Gasteiger partial charge in [0.1, 0.15) is 4.90 Å². The van der Waals surface area contributed by atoms with Gasteiger partial charge in [0.05, 0.1) is 5.69 Å². The molecule has 0 spiro atoms. The topological polar surface area (TPSA) is 75.4 Å². The van der Waals surface area contributed by atoms with Gasteiger partial charge in [0.2, 0.25) is 10.0 Å². The third-order valence-electron chi connectivity index (χ3n) is 3.75. The van der Waals surface area contributed by atoms with Crippen molar-refractivity contribution in [3.63, 3.8) is 0 Å². The van der Waals surface area contributed by atoms with Crippen molar-refractivity contribution in [1.82, 2.24) is 4.72 Å². The van der Waals surface area contributed by atoms with Crippen LogP contribution in [0.3, 0.4) is 0 Å². The first-order chi connectivity index (χ1) is 9.33. The number of piperidine rings is 1. The second kappa shape index (κ2) is 5.61. The summed E-state index contributed by atoms with van der Waals surface area (Å²) < 4.78 is 26.7. The molecule has 2 rings (SSSR count). The third-order valence-corrected chi connectivity index (χ3v) is 5.20. The van der Waals surface area contributed by atoms with Gasteiger partial charge in [0.15, 0.2) is 0 Å². The van der Waals surface area contributed by atoms with Gasteiger partial charge in [-0.1, -0.05) is 13.8 Å². The maximum atomic E-state index is 12.2. The molecule has 112 valence electrons. The van der Waals surface area contributed by atoms with E-state index in [4.69, 9.17) is 5.73 Å². The second-order valence-electron chi connectivity index (χ2n) is 5.79. The van der Waals surface area contributed by atoms with Crippen molar-refractivity contribution in [2.24, 2.45) is 11.8 Å². The maximum absolute atomic E-state index is 12.2. The summed E-state index contributed by atoms with van der Waals surface area (Å²) in [5, 5.41) is 0. The second-order valence-corrected chi connectivity index (χ2v) is 7.64. The summed E-state index contributed by atoms with van der Waals surface area (Å²) >= 11 is 0. The van der Waals surface area contributed by atoms with E-state index in [2.05, 4.69) is 23.5 Å². The van der Waals surface area contributed by atoms with Crippen molar-refractivity contribution in [1.29, 1.82) is 0 Å². The summed E-state index contributed by atoms with van der Waals surface area (Å²) in [6.07, 6.45) is 1.18. The van der Waals surface area contributed by atoms with E-state index in [1.165, 1.54) is 19.5 Å². The van der Waals surface area contributed by atoms with Gasteiger partial charge in [-0.3, -0.25) is 0 Å². The highest BCUT2D eigenvalue weighted by Gasteiger charge is 2.26. The molecule has 0 aliphatic carbocycles. The number of benzene rings is 1. The van der Waals surface area contributed by atoms with Gasteiger partial charge in [-0.2, -0.15) is 0 Å². The number of nitrogens with one attached hydrogen (secondary N) is 1. The predicted molar refractivity (Wildman–Crippen MR) is 82.3 cm³/mol. The fourth-order valence-electron chi connectivity index (χ4n) is 2.98. The largest absolute Gasteiger partial charge is 0.399 e. The van der Waals surface area contributed by atoms with E-state index in [-0.39, 0.29) is 4.90 Å². The number of nitrogen functional groups attached to an aromatic ring is 1. The lowest BCUT2D eigenvalue weighted by molar-refractivity contribution is 0.356. The maximum Gasteiger partial charge on any atom is 0.242 e. The van der Waals surface area contributed by atoms with Crippen molar-refractivity contribution >= 4 is 21.4 Å². The highest BCUT2D eigenvalue weighted by molar-refractivity contribution is 7.89. The van der Waals surface area contributed by atoms with Crippen molar-refractivity contribution < 1.29 is 8.42 Å². The molecule has 1 fully saturated rings. The molecule has 0 saturated carbocycles. The van der Waals surface area contributed by atoms with Crippen LogP contribution in [0.15, 0.2) is 23.1 Å². The molecule has 0 bridgehead atoms. The Hall–Kier alpha value is -1.27. The zero-order valence-electron chi connectivity index (χ0n) is 12.3. The smallest absolute Gasteiger partial charge is 0.242 e. The number of nitrogens with zero attached hydrogens (tertiary/aromatic N) is 1. The minimum Gasteiger partial charge on any atom is -0.399 e. The van der Waals surface area contributed by atoms with Gasteiger partial charge < -0.3 is 10.6 Å². The summed E-state index contributed by atoms with van der Waals surface area (Å²) in [4.78, 5) is 2.42. The Labute approximate surface area is 121 Å². The molecule has 2 unspecified atom stereocenters. The van der Waals surface area contributed by atoms with Gasteiger partial charge in [-0.25, -0.2) is 13.1 Å². The molecular formula is C14H23N3O2S. The van der Waals surface area contributed by atoms with Crippen LogP contribution in [0.1, 0.15) is 20.3 Å². The van der Waals surface area contributed by atoms with E-state index in [0.717, 1.165) is 18.8 Å². The normalized spacial score (nSPS) is 23.9. The van der Waals surface area contributed by atoms with Crippen LogP contribution in [0, 0.1) is 11.8 Å². The first kappa shape index (κ1) is 15.1. The SMILES string of the molecule is CNS(=O)(=O)c1cc(N)ccc1N1CC(C)CC(C)C1. The first-order valence-electron chi connectivity index (χ1n) is 6.91. The zero-order chi connectivity index (χ0) is 14.9. The molecule has 20 heavy (non-hydrogen) atoms. The Morgan fingerprint density at radius 3 is 2.40 bits per heavy atom. The highest BCUT2D eigenvalue weighted by atomic mass is 32.2. The zero-order valence-corrected chi connectivity index (χ0v) is 13.1. The van der Waals surface area contributed by atoms with Crippen LogP contribution in [0.2, 0.25) is 0 Å². The van der Waals surface area contributed by atoms with Crippen molar-refractivity contribution in [3.05, 3.63) is 18.2 Å². The average molecular weight is 297 g/mol. The fourth-order valence-corrected chi connectivity index (χ4v) is 3.96. The Morgan fingerprint density at radius 2 is 1.85 bits per heavy atom. The van der Waals surface area contributed by atoms with Crippen LogP contribution < -0.4 is 15.4 Å². The van der Waals surface area contributed by atoms with E-state index in [9.17, 15) is 8.42 Å². The van der Waals surface area contributed by atoms with Gasteiger partial charge in [0, 0.05) is 18.8 Å². The van der Waals surface area contributed by atoms with Gasteiger partial charge in [-0.05, 0) is 43.5 Å². The Bertz CT molecular complexity index is 576. The third kappa shape index (κ3) is 3.07. The molecule has 6 heteroatoms. The van der Waals surface area contributed by atoms with E-state index < -0.39 is 10.0 Å². The van der Waals surface area contributed by atoms with Crippen LogP contribution in [-0.2, 0) is 10.0 Å². The fraction of sp³-hybridized carbons (Fsp3) is 0.571. The number of anilines is 2. The van der Waals surface area contributed by atoms with Gasteiger partial charge in [-0.15, -0.1) is 0 Å². The van der Waals surface area contributed by atoms with Gasteiger partial charge >= 0.3 is 0 Å². The van der Waals surface area contributed by atoms with Crippen molar-refractivity contribution in [2.45, 2.75) is 25.2 Å². The first-order valence-corrected chi connectivity index (χ1v) is 8.40. The van der Waals surface area contributed by atoms with Crippen LogP contribution in [0.25, 0.3) is 0 Å². The monoisotopic (exact) mass is 297 g/mol. The van der Waals surface area contributed by atoms with E-state index in [1.54, 1.807) is 6.07 Å².